The molecule has 1 rings (SSSR count). The molecule has 1 fully saturated rings. The van der Waals surface area contributed by atoms with E-state index in [2.05, 4.69) is 5.32 Å². The number of nitrogens with one attached hydrogen (secondary N) is 1. The highest BCUT2D eigenvalue weighted by Gasteiger charge is 2.10. The van der Waals surface area contributed by atoms with Crippen LogP contribution in [0.15, 0.2) is 12.3 Å². The van der Waals surface area contributed by atoms with Crippen LogP contribution in [0.4, 0.5) is 0 Å². The molecule has 0 aromatic carbocycles. The van der Waals surface area contributed by atoms with Gasteiger partial charge in [0, 0.05) is 18.3 Å². The fourth-order valence-corrected chi connectivity index (χ4v) is 1.54. The highest BCUT2D eigenvalue weighted by atomic mass is 16.1. The number of primary amides is 1. The molecule has 1 amide bonds. The van der Waals surface area contributed by atoms with Gasteiger partial charge in [-0.25, -0.2) is 0 Å². The first-order chi connectivity index (χ1) is 5.79. The van der Waals surface area contributed by atoms with E-state index in [1.54, 1.807) is 6.20 Å². The minimum Gasteiger partial charge on any atom is -0.388 e. The largest absolute Gasteiger partial charge is 0.388 e. The Balaban J connectivity index is 2.17. The molecule has 0 saturated heterocycles. The van der Waals surface area contributed by atoms with Gasteiger partial charge in [0.15, 0.2) is 0 Å². The summed E-state index contributed by atoms with van der Waals surface area (Å²) in [7, 11) is 0. The maximum atomic E-state index is 10.3. The topological polar surface area (TPSA) is 55.1 Å². The molecule has 0 spiro atoms. The SMILES string of the molecule is NC(=O)/C=C/NC1CCCCC1. The van der Waals surface area contributed by atoms with Gasteiger partial charge in [-0.2, -0.15) is 0 Å². The molecule has 0 bridgehead atoms. The van der Waals surface area contributed by atoms with Gasteiger partial charge in [-0.05, 0) is 12.8 Å². The molecule has 0 radical (unpaired) electrons. The molecule has 68 valence electrons. The zero-order valence-corrected chi connectivity index (χ0v) is 7.25. The number of hydrogen-bond acceptors (Lipinski definition) is 2. The molecule has 0 heterocycles. The van der Waals surface area contributed by atoms with E-state index in [4.69, 9.17) is 5.73 Å². The second-order valence-corrected chi connectivity index (χ2v) is 3.24. The second kappa shape index (κ2) is 4.80. The monoisotopic (exact) mass is 168 g/mol. The first kappa shape index (κ1) is 9.10. The van der Waals surface area contributed by atoms with E-state index < -0.39 is 5.91 Å². The molecule has 3 nitrogen and oxygen atoms in total. The lowest BCUT2D eigenvalue weighted by Gasteiger charge is -2.21. The summed E-state index contributed by atoms with van der Waals surface area (Å²) in [6, 6.07) is 0.550. The van der Waals surface area contributed by atoms with Crippen molar-refractivity contribution in [2.75, 3.05) is 0 Å². The Morgan fingerprint density at radius 2 is 2.00 bits per heavy atom. The third kappa shape index (κ3) is 3.42. The highest BCUT2D eigenvalue weighted by molar-refractivity contribution is 5.85. The number of carbonyl (C=O) groups excluding carboxylic acids is 1. The summed E-state index contributed by atoms with van der Waals surface area (Å²) in [6.07, 6.45) is 9.39. The van der Waals surface area contributed by atoms with Crippen molar-refractivity contribution in [3.8, 4) is 0 Å². The zero-order chi connectivity index (χ0) is 8.81. The highest BCUT2D eigenvalue weighted by Crippen LogP contribution is 2.16. The molecular formula is C9H16N2O. The van der Waals surface area contributed by atoms with Gasteiger partial charge in [0.25, 0.3) is 0 Å². The van der Waals surface area contributed by atoms with Gasteiger partial charge in [0.2, 0.25) is 5.91 Å². The average molecular weight is 168 g/mol. The molecule has 1 aliphatic carbocycles. The minimum absolute atomic E-state index is 0.390. The van der Waals surface area contributed by atoms with Gasteiger partial charge in [0.1, 0.15) is 0 Å². The zero-order valence-electron chi connectivity index (χ0n) is 7.25. The van der Waals surface area contributed by atoms with Crippen LogP contribution in [0.25, 0.3) is 0 Å². The number of carbonyl (C=O) groups is 1. The van der Waals surface area contributed by atoms with Crippen LogP contribution in [0.3, 0.4) is 0 Å². The Labute approximate surface area is 73.0 Å². The van der Waals surface area contributed by atoms with Crippen molar-refractivity contribution in [3.63, 3.8) is 0 Å². The molecule has 3 heteroatoms. The van der Waals surface area contributed by atoms with E-state index >= 15 is 0 Å². The molecule has 0 unspecified atom stereocenters. The molecule has 1 aliphatic rings. The lowest BCUT2D eigenvalue weighted by Crippen LogP contribution is -2.26. The smallest absolute Gasteiger partial charge is 0.242 e. The summed E-state index contributed by atoms with van der Waals surface area (Å²) in [5, 5.41) is 3.17. The lowest BCUT2D eigenvalue weighted by atomic mass is 9.96. The Morgan fingerprint density at radius 1 is 1.33 bits per heavy atom. The number of rotatable bonds is 3. The van der Waals surface area contributed by atoms with Gasteiger partial charge < -0.3 is 11.1 Å². The summed E-state index contributed by atoms with van der Waals surface area (Å²) in [5.74, 6) is -0.390. The lowest BCUT2D eigenvalue weighted by molar-refractivity contribution is -0.113. The van der Waals surface area contributed by atoms with E-state index in [0.717, 1.165) is 0 Å². The van der Waals surface area contributed by atoms with Crippen molar-refractivity contribution in [2.24, 2.45) is 5.73 Å². The third-order valence-electron chi connectivity index (χ3n) is 2.18. The Bertz CT molecular complexity index is 171. The van der Waals surface area contributed by atoms with Crippen molar-refractivity contribution in [3.05, 3.63) is 12.3 Å². The number of nitrogens with two attached hydrogens (primary N) is 1. The quantitative estimate of drug-likeness (QED) is 0.615. The van der Waals surface area contributed by atoms with Crippen molar-refractivity contribution in [1.82, 2.24) is 5.32 Å². The van der Waals surface area contributed by atoms with E-state index in [0.29, 0.717) is 6.04 Å². The number of amides is 1. The maximum Gasteiger partial charge on any atom is 0.242 e. The Morgan fingerprint density at radius 3 is 2.58 bits per heavy atom. The predicted octanol–water partition coefficient (Wildman–Crippen LogP) is 0.908. The second-order valence-electron chi connectivity index (χ2n) is 3.24. The first-order valence-corrected chi connectivity index (χ1v) is 4.51. The minimum atomic E-state index is -0.390. The van der Waals surface area contributed by atoms with E-state index in [-0.39, 0.29) is 0 Å². The van der Waals surface area contributed by atoms with E-state index in [9.17, 15) is 4.79 Å². The van der Waals surface area contributed by atoms with Crippen LogP contribution in [0.2, 0.25) is 0 Å². The van der Waals surface area contributed by atoms with E-state index in [1.807, 2.05) is 0 Å². The summed E-state index contributed by atoms with van der Waals surface area (Å²) in [6.45, 7) is 0. The summed E-state index contributed by atoms with van der Waals surface area (Å²) >= 11 is 0. The molecule has 3 N–H and O–H groups in total. The van der Waals surface area contributed by atoms with Crippen molar-refractivity contribution < 1.29 is 4.79 Å². The molecule has 0 aliphatic heterocycles. The van der Waals surface area contributed by atoms with Crippen molar-refractivity contribution >= 4 is 5.91 Å². The van der Waals surface area contributed by atoms with Gasteiger partial charge in [-0.3, -0.25) is 4.79 Å². The van der Waals surface area contributed by atoms with E-state index in [1.165, 1.54) is 38.2 Å². The van der Waals surface area contributed by atoms with Crippen LogP contribution < -0.4 is 11.1 Å². The third-order valence-corrected chi connectivity index (χ3v) is 2.18. The fourth-order valence-electron chi connectivity index (χ4n) is 1.54. The fraction of sp³-hybridized carbons (Fsp3) is 0.667. The molecule has 0 aromatic rings. The van der Waals surface area contributed by atoms with Crippen LogP contribution in [-0.2, 0) is 4.79 Å². The van der Waals surface area contributed by atoms with Crippen molar-refractivity contribution in [2.45, 2.75) is 38.1 Å². The average Bonchev–Trinajstić information content (AvgIpc) is 2.05. The molecule has 0 aromatic heterocycles. The Kier molecular flexibility index (Phi) is 3.64. The summed E-state index contributed by atoms with van der Waals surface area (Å²) in [5.41, 5.74) is 4.94. The molecule has 12 heavy (non-hydrogen) atoms. The van der Waals surface area contributed by atoms with Gasteiger partial charge in [-0.15, -0.1) is 0 Å². The maximum absolute atomic E-state index is 10.3. The van der Waals surface area contributed by atoms with Crippen LogP contribution in [0.1, 0.15) is 32.1 Å². The first-order valence-electron chi connectivity index (χ1n) is 4.51. The Hall–Kier alpha value is -0.990. The summed E-state index contributed by atoms with van der Waals surface area (Å²) < 4.78 is 0. The standard InChI is InChI=1S/C9H16N2O/c10-9(12)6-7-11-8-4-2-1-3-5-8/h6-8,11H,1-5H2,(H2,10,12)/b7-6+. The van der Waals surface area contributed by atoms with Gasteiger partial charge in [-0.1, -0.05) is 19.3 Å². The van der Waals surface area contributed by atoms with Crippen molar-refractivity contribution in [1.29, 1.82) is 0 Å². The molecular weight excluding hydrogens is 152 g/mol. The van der Waals surface area contributed by atoms with Gasteiger partial charge in [0.05, 0.1) is 0 Å². The summed E-state index contributed by atoms with van der Waals surface area (Å²) in [4.78, 5) is 10.3. The number of hydrogen-bond donors (Lipinski definition) is 2. The van der Waals surface area contributed by atoms with Crippen LogP contribution in [-0.4, -0.2) is 11.9 Å². The van der Waals surface area contributed by atoms with Crippen LogP contribution in [0, 0.1) is 0 Å². The van der Waals surface area contributed by atoms with Crippen LogP contribution in [0.5, 0.6) is 0 Å². The molecule has 0 atom stereocenters. The van der Waals surface area contributed by atoms with Crippen LogP contribution >= 0.6 is 0 Å². The van der Waals surface area contributed by atoms with Gasteiger partial charge >= 0.3 is 0 Å². The normalized spacial score (nSPS) is 19.7. The predicted molar refractivity (Wildman–Crippen MR) is 48.3 cm³/mol. The molecule has 1 saturated carbocycles.